The topological polar surface area (TPSA) is 39.1 Å². The van der Waals surface area contributed by atoms with E-state index in [-0.39, 0.29) is 6.10 Å². The van der Waals surface area contributed by atoms with Gasteiger partial charge in [-0.3, -0.25) is 0 Å². The largest absolute Gasteiger partial charge is 0.369 e. The standard InChI is InChI=1S/C21H29N3O/c1-3-24-11-10-22-21(24)20-19(9-6-12-25-20)23-17-13-16(14-17)18-8-5-4-7-15(18)2/h4-5,7-8,10-11,16-17,19-20,23H,3,6,9,12-14H2,1-2H3/t16?,17?,19-,20-/m0/s1. The summed E-state index contributed by atoms with van der Waals surface area (Å²) in [5, 5.41) is 3.89. The molecule has 25 heavy (non-hydrogen) atoms. The van der Waals surface area contributed by atoms with E-state index in [1.165, 1.54) is 30.4 Å². The van der Waals surface area contributed by atoms with Gasteiger partial charge < -0.3 is 14.6 Å². The smallest absolute Gasteiger partial charge is 0.139 e. The van der Waals surface area contributed by atoms with Crippen LogP contribution in [0.3, 0.4) is 0 Å². The first-order valence-electron chi connectivity index (χ1n) is 9.70. The zero-order chi connectivity index (χ0) is 17.2. The number of imidazole rings is 1. The number of nitrogens with zero attached hydrogens (tertiary/aromatic N) is 2. The molecule has 1 aliphatic heterocycles. The molecule has 2 fully saturated rings. The average molecular weight is 339 g/mol. The molecule has 1 aromatic carbocycles. The number of hydrogen-bond acceptors (Lipinski definition) is 3. The fourth-order valence-electron chi connectivity index (χ4n) is 4.41. The predicted octanol–water partition coefficient (Wildman–Crippen LogP) is 3.97. The molecule has 1 aliphatic carbocycles. The van der Waals surface area contributed by atoms with Crippen molar-refractivity contribution >= 4 is 0 Å². The molecule has 1 N–H and O–H groups in total. The maximum absolute atomic E-state index is 6.13. The molecule has 1 saturated heterocycles. The first-order chi connectivity index (χ1) is 12.3. The highest BCUT2D eigenvalue weighted by molar-refractivity contribution is 5.31. The molecule has 4 rings (SSSR count). The van der Waals surface area contributed by atoms with Crippen LogP contribution in [0.2, 0.25) is 0 Å². The first kappa shape index (κ1) is 16.8. The number of hydrogen-bond donors (Lipinski definition) is 1. The normalized spacial score (nSPS) is 29.4. The summed E-state index contributed by atoms with van der Waals surface area (Å²) >= 11 is 0. The Balaban J connectivity index is 1.39. The minimum atomic E-state index is 0.0845. The third-order valence-electron chi connectivity index (χ3n) is 5.88. The number of aromatic nitrogens is 2. The van der Waals surface area contributed by atoms with Crippen LogP contribution in [0, 0.1) is 6.92 Å². The molecule has 1 saturated carbocycles. The highest BCUT2D eigenvalue weighted by Gasteiger charge is 2.37. The molecule has 0 bridgehead atoms. The zero-order valence-electron chi connectivity index (χ0n) is 15.3. The molecular weight excluding hydrogens is 310 g/mol. The van der Waals surface area contributed by atoms with Crippen LogP contribution in [-0.4, -0.2) is 28.2 Å². The molecule has 2 heterocycles. The monoisotopic (exact) mass is 339 g/mol. The summed E-state index contributed by atoms with van der Waals surface area (Å²) in [6.07, 6.45) is 8.81. The van der Waals surface area contributed by atoms with Crippen LogP contribution in [0.4, 0.5) is 0 Å². The lowest BCUT2D eigenvalue weighted by atomic mass is 9.74. The van der Waals surface area contributed by atoms with Crippen LogP contribution >= 0.6 is 0 Å². The van der Waals surface area contributed by atoms with Crippen LogP contribution < -0.4 is 5.32 Å². The SMILES string of the molecule is CCn1ccnc1[C@H]1OCCC[C@@H]1NC1CC(c2ccccc2C)C1. The Hall–Kier alpha value is -1.65. The van der Waals surface area contributed by atoms with Crippen LogP contribution in [0.5, 0.6) is 0 Å². The molecule has 0 spiro atoms. The highest BCUT2D eigenvalue weighted by atomic mass is 16.5. The van der Waals surface area contributed by atoms with E-state index in [4.69, 9.17) is 4.74 Å². The summed E-state index contributed by atoms with van der Waals surface area (Å²) in [4.78, 5) is 4.58. The third kappa shape index (κ3) is 3.38. The number of aryl methyl sites for hydroxylation is 2. The Morgan fingerprint density at radius 3 is 2.92 bits per heavy atom. The van der Waals surface area contributed by atoms with Crippen molar-refractivity contribution in [2.45, 2.75) is 70.2 Å². The van der Waals surface area contributed by atoms with Gasteiger partial charge in [-0.05, 0) is 56.6 Å². The Morgan fingerprint density at radius 2 is 2.12 bits per heavy atom. The van der Waals surface area contributed by atoms with Crippen molar-refractivity contribution in [2.24, 2.45) is 0 Å². The predicted molar refractivity (Wildman–Crippen MR) is 99.7 cm³/mol. The van der Waals surface area contributed by atoms with Gasteiger partial charge in [-0.2, -0.15) is 0 Å². The molecule has 0 unspecified atom stereocenters. The van der Waals surface area contributed by atoms with Gasteiger partial charge in [0.15, 0.2) is 0 Å². The maximum atomic E-state index is 6.13. The molecular formula is C21H29N3O. The van der Waals surface area contributed by atoms with Crippen molar-refractivity contribution in [3.05, 3.63) is 53.6 Å². The molecule has 1 aromatic heterocycles. The number of benzene rings is 1. The summed E-state index contributed by atoms with van der Waals surface area (Å²) in [7, 11) is 0. The van der Waals surface area contributed by atoms with Crippen LogP contribution in [0.25, 0.3) is 0 Å². The third-order valence-corrected chi connectivity index (χ3v) is 5.88. The molecule has 2 aromatic rings. The lowest BCUT2D eigenvalue weighted by molar-refractivity contribution is -0.0243. The average Bonchev–Trinajstić information content (AvgIpc) is 3.07. The van der Waals surface area contributed by atoms with Crippen molar-refractivity contribution < 1.29 is 4.74 Å². The van der Waals surface area contributed by atoms with E-state index in [1.54, 1.807) is 0 Å². The van der Waals surface area contributed by atoms with Crippen molar-refractivity contribution in [3.63, 3.8) is 0 Å². The fourth-order valence-corrected chi connectivity index (χ4v) is 4.41. The van der Waals surface area contributed by atoms with Crippen molar-refractivity contribution in [1.82, 2.24) is 14.9 Å². The van der Waals surface area contributed by atoms with Gasteiger partial charge in [0.1, 0.15) is 11.9 Å². The van der Waals surface area contributed by atoms with Gasteiger partial charge in [-0.15, -0.1) is 0 Å². The van der Waals surface area contributed by atoms with E-state index in [9.17, 15) is 0 Å². The second kappa shape index (κ2) is 7.30. The van der Waals surface area contributed by atoms with Gasteiger partial charge in [0.2, 0.25) is 0 Å². The Labute approximate surface area is 150 Å². The molecule has 0 radical (unpaired) electrons. The summed E-state index contributed by atoms with van der Waals surface area (Å²) in [6.45, 7) is 6.18. The van der Waals surface area contributed by atoms with Gasteiger partial charge in [0.05, 0.1) is 0 Å². The van der Waals surface area contributed by atoms with Crippen LogP contribution in [-0.2, 0) is 11.3 Å². The molecule has 4 nitrogen and oxygen atoms in total. The van der Waals surface area contributed by atoms with Gasteiger partial charge in [0, 0.05) is 37.6 Å². The van der Waals surface area contributed by atoms with Crippen molar-refractivity contribution in [3.8, 4) is 0 Å². The van der Waals surface area contributed by atoms with E-state index in [0.717, 1.165) is 25.4 Å². The summed E-state index contributed by atoms with van der Waals surface area (Å²) in [5.74, 6) is 1.79. The second-order valence-electron chi connectivity index (χ2n) is 7.50. The van der Waals surface area contributed by atoms with Gasteiger partial charge in [-0.1, -0.05) is 24.3 Å². The summed E-state index contributed by atoms with van der Waals surface area (Å²) in [5.41, 5.74) is 2.95. The molecule has 134 valence electrons. The Bertz CT molecular complexity index is 705. The Kier molecular flexibility index (Phi) is 4.91. The Morgan fingerprint density at radius 1 is 1.28 bits per heavy atom. The van der Waals surface area contributed by atoms with E-state index in [0.29, 0.717) is 18.0 Å². The number of nitrogens with one attached hydrogen (secondary N) is 1. The lowest BCUT2D eigenvalue weighted by Crippen LogP contribution is -2.50. The summed E-state index contributed by atoms with van der Waals surface area (Å²) < 4.78 is 8.34. The zero-order valence-corrected chi connectivity index (χ0v) is 15.3. The lowest BCUT2D eigenvalue weighted by Gasteiger charge is -2.42. The van der Waals surface area contributed by atoms with E-state index < -0.39 is 0 Å². The molecule has 2 aliphatic rings. The highest BCUT2D eigenvalue weighted by Crippen LogP contribution is 2.39. The molecule has 4 heteroatoms. The van der Waals surface area contributed by atoms with Crippen molar-refractivity contribution in [2.75, 3.05) is 6.61 Å². The van der Waals surface area contributed by atoms with Gasteiger partial charge in [0.25, 0.3) is 0 Å². The minimum absolute atomic E-state index is 0.0845. The number of rotatable bonds is 5. The maximum Gasteiger partial charge on any atom is 0.139 e. The van der Waals surface area contributed by atoms with E-state index in [2.05, 4.69) is 59.2 Å². The van der Waals surface area contributed by atoms with Gasteiger partial charge in [-0.25, -0.2) is 4.98 Å². The van der Waals surface area contributed by atoms with Gasteiger partial charge >= 0.3 is 0 Å². The quantitative estimate of drug-likeness (QED) is 0.896. The first-order valence-corrected chi connectivity index (χ1v) is 9.70. The van der Waals surface area contributed by atoms with E-state index >= 15 is 0 Å². The minimum Gasteiger partial charge on any atom is -0.369 e. The second-order valence-corrected chi connectivity index (χ2v) is 7.50. The molecule has 0 amide bonds. The van der Waals surface area contributed by atoms with Crippen LogP contribution in [0.1, 0.15) is 61.6 Å². The fraction of sp³-hybridized carbons (Fsp3) is 0.571. The molecule has 2 atom stereocenters. The summed E-state index contributed by atoms with van der Waals surface area (Å²) in [6, 6.07) is 9.80. The van der Waals surface area contributed by atoms with Crippen LogP contribution in [0.15, 0.2) is 36.7 Å². The van der Waals surface area contributed by atoms with Crippen molar-refractivity contribution in [1.29, 1.82) is 0 Å². The number of ether oxygens (including phenoxy) is 1. The van der Waals surface area contributed by atoms with E-state index in [1.807, 2.05) is 6.20 Å².